The second kappa shape index (κ2) is 9.59. The van der Waals surface area contributed by atoms with Crippen molar-refractivity contribution in [3.8, 4) is 0 Å². The molecule has 156 valence electrons. The van der Waals surface area contributed by atoms with Crippen LogP contribution in [0, 0.1) is 0 Å². The molecule has 0 unspecified atom stereocenters. The van der Waals surface area contributed by atoms with Gasteiger partial charge in [0.2, 0.25) is 15.9 Å². The lowest BCUT2D eigenvalue weighted by molar-refractivity contribution is -0.122. The number of sulfonamides is 1. The minimum absolute atomic E-state index is 0.337. The van der Waals surface area contributed by atoms with E-state index in [1.807, 2.05) is 73.7 Å². The van der Waals surface area contributed by atoms with E-state index in [0.29, 0.717) is 12.1 Å². The van der Waals surface area contributed by atoms with Gasteiger partial charge in [0.05, 0.1) is 18.0 Å². The Hall–Kier alpha value is -3.12. The molecule has 0 aliphatic rings. The third kappa shape index (κ3) is 5.07. The van der Waals surface area contributed by atoms with Crippen LogP contribution in [0.25, 0.3) is 0 Å². The highest BCUT2D eigenvalue weighted by molar-refractivity contribution is 7.92. The number of nitrogens with zero attached hydrogens (tertiary/aromatic N) is 1. The van der Waals surface area contributed by atoms with Crippen LogP contribution >= 0.6 is 0 Å². The first-order valence-corrected chi connectivity index (χ1v) is 11.7. The average Bonchev–Trinajstić information content (AvgIpc) is 2.76. The molecule has 0 aromatic heterocycles. The monoisotopic (exact) mass is 422 g/mol. The summed E-state index contributed by atoms with van der Waals surface area (Å²) >= 11 is 0. The van der Waals surface area contributed by atoms with E-state index < -0.39 is 16.1 Å². The number of benzene rings is 3. The Labute approximate surface area is 178 Å². The van der Waals surface area contributed by atoms with Crippen LogP contribution in [-0.4, -0.2) is 26.6 Å². The first-order valence-electron chi connectivity index (χ1n) is 9.86. The van der Waals surface area contributed by atoms with Gasteiger partial charge in [-0.15, -0.1) is 0 Å². The molecule has 0 saturated carbocycles. The van der Waals surface area contributed by atoms with E-state index in [9.17, 15) is 13.2 Å². The molecule has 0 heterocycles. The molecule has 3 aromatic rings. The van der Waals surface area contributed by atoms with Crippen LogP contribution in [0.1, 0.15) is 30.5 Å². The van der Waals surface area contributed by atoms with Crippen molar-refractivity contribution in [1.82, 2.24) is 5.32 Å². The van der Waals surface area contributed by atoms with E-state index in [1.165, 1.54) is 4.31 Å². The summed E-state index contributed by atoms with van der Waals surface area (Å²) < 4.78 is 26.4. The lowest BCUT2D eigenvalue weighted by atomic mass is 9.98. The molecule has 30 heavy (non-hydrogen) atoms. The Morgan fingerprint density at radius 1 is 0.833 bits per heavy atom. The summed E-state index contributed by atoms with van der Waals surface area (Å²) in [6, 6.07) is 26.8. The predicted molar refractivity (Wildman–Crippen MR) is 121 cm³/mol. The summed E-state index contributed by atoms with van der Waals surface area (Å²) in [6.45, 7) is 1.81. The van der Waals surface area contributed by atoms with Crippen molar-refractivity contribution >= 4 is 21.6 Å². The quantitative estimate of drug-likeness (QED) is 0.593. The van der Waals surface area contributed by atoms with Crippen molar-refractivity contribution in [3.63, 3.8) is 0 Å². The molecular formula is C24H26N2O3S. The largest absolute Gasteiger partial charge is 0.343 e. The lowest BCUT2D eigenvalue weighted by Crippen LogP contribution is -2.50. The normalized spacial score (nSPS) is 12.4. The van der Waals surface area contributed by atoms with E-state index in [4.69, 9.17) is 0 Å². The second-order valence-electron chi connectivity index (χ2n) is 7.08. The maximum absolute atomic E-state index is 13.4. The van der Waals surface area contributed by atoms with Gasteiger partial charge in [-0.25, -0.2) is 8.42 Å². The van der Waals surface area contributed by atoms with Crippen molar-refractivity contribution in [1.29, 1.82) is 0 Å². The topological polar surface area (TPSA) is 66.5 Å². The highest BCUT2D eigenvalue weighted by Gasteiger charge is 2.32. The SMILES string of the molecule is CC[C@H](C(=O)NC(c1ccccc1)c1ccccc1)N(c1ccccc1)S(C)(=O)=O. The molecule has 5 nitrogen and oxygen atoms in total. The number of para-hydroxylation sites is 1. The molecule has 3 aromatic carbocycles. The standard InChI is InChI=1S/C24H26N2O3S/c1-3-22(26(30(2,28)29)21-17-11-6-12-18-21)24(27)25-23(19-13-7-4-8-14-19)20-15-9-5-10-16-20/h4-18,22-23H,3H2,1-2H3,(H,25,27)/t22-/m1/s1. The Bertz CT molecular complexity index is 1020. The number of carbonyl (C=O) groups is 1. The third-order valence-electron chi connectivity index (χ3n) is 4.89. The van der Waals surface area contributed by atoms with Crippen molar-refractivity contribution in [2.24, 2.45) is 0 Å². The van der Waals surface area contributed by atoms with Gasteiger partial charge in [0, 0.05) is 0 Å². The summed E-state index contributed by atoms with van der Waals surface area (Å²) in [5.41, 5.74) is 2.33. The number of carbonyl (C=O) groups excluding carboxylic acids is 1. The van der Waals surface area contributed by atoms with Gasteiger partial charge in [0.1, 0.15) is 6.04 Å². The van der Waals surface area contributed by atoms with Crippen LogP contribution in [-0.2, 0) is 14.8 Å². The molecule has 6 heteroatoms. The van der Waals surface area contributed by atoms with E-state index in [0.717, 1.165) is 17.4 Å². The maximum atomic E-state index is 13.4. The van der Waals surface area contributed by atoms with Crippen molar-refractivity contribution in [2.75, 3.05) is 10.6 Å². The van der Waals surface area contributed by atoms with Crippen molar-refractivity contribution in [3.05, 3.63) is 102 Å². The number of nitrogens with one attached hydrogen (secondary N) is 1. The van der Waals surface area contributed by atoms with Crippen LogP contribution in [0.4, 0.5) is 5.69 Å². The summed E-state index contributed by atoms with van der Waals surface area (Å²) in [5, 5.41) is 3.08. The van der Waals surface area contributed by atoms with Gasteiger partial charge in [0.25, 0.3) is 0 Å². The Kier molecular flexibility index (Phi) is 6.90. The Morgan fingerprint density at radius 3 is 1.67 bits per heavy atom. The minimum atomic E-state index is -3.67. The van der Waals surface area contributed by atoms with E-state index in [2.05, 4.69) is 5.32 Å². The third-order valence-corrected chi connectivity index (χ3v) is 6.07. The maximum Gasteiger partial charge on any atom is 0.244 e. The molecule has 1 atom stereocenters. The van der Waals surface area contributed by atoms with Crippen LogP contribution in [0.15, 0.2) is 91.0 Å². The fraction of sp³-hybridized carbons (Fsp3) is 0.208. The Morgan fingerprint density at radius 2 is 1.27 bits per heavy atom. The van der Waals surface area contributed by atoms with Crippen LogP contribution in [0.2, 0.25) is 0 Å². The van der Waals surface area contributed by atoms with Gasteiger partial charge in [0.15, 0.2) is 0 Å². The molecule has 0 fully saturated rings. The average molecular weight is 423 g/mol. The molecule has 0 bridgehead atoms. The fourth-order valence-electron chi connectivity index (χ4n) is 3.52. The molecule has 0 radical (unpaired) electrons. The van der Waals surface area contributed by atoms with Crippen LogP contribution in [0.5, 0.6) is 0 Å². The number of hydrogen-bond donors (Lipinski definition) is 1. The predicted octanol–water partition coefficient (Wildman–Crippen LogP) is 4.14. The lowest BCUT2D eigenvalue weighted by Gasteiger charge is -2.31. The summed E-state index contributed by atoms with van der Waals surface area (Å²) in [5.74, 6) is -0.343. The van der Waals surface area contributed by atoms with E-state index in [-0.39, 0.29) is 11.9 Å². The van der Waals surface area contributed by atoms with Crippen LogP contribution < -0.4 is 9.62 Å². The number of amides is 1. The molecular weight excluding hydrogens is 396 g/mol. The molecule has 0 aliphatic carbocycles. The van der Waals surface area contributed by atoms with Gasteiger partial charge >= 0.3 is 0 Å². The summed E-state index contributed by atoms with van der Waals surface area (Å²) in [7, 11) is -3.67. The highest BCUT2D eigenvalue weighted by Crippen LogP contribution is 2.25. The summed E-state index contributed by atoms with van der Waals surface area (Å²) in [6.07, 6.45) is 1.46. The van der Waals surface area contributed by atoms with E-state index >= 15 is 0 Å². The smallest absolute Gasteiger partial charge is 0.244 e. The number of rotatable bonds is 8. The van der Waals surface area contributed by atoms with E-state index in [1.54, 1.807) is 24.3 Å². The molecule has 0 saturated heterocycles. The van der Waals surface area contributed by atoms with Crippen LogP contribution in [0.3, 0.4) is 0 Å². The molecule has 1 N–H and O–H groups in total. The molecule has 0 spiro atoms. The Balaban J connectivity index is 1.97. The second-order valence-corrected chi connectivity index (χ2v) is 8.94. The zero-order valence-electron chi connectivity index (χ0n) is 17.1. The van der Waals surface area contributed by atoms with Gasteiger partial charge in [-0.2, -0.15) is 0 Å². The molecule has 1 amide bonds. The molecule has 3 rings (SSSR count). The zero-order valence-corrected chi connectivity index (χ0v) is 17.9. The van der Waals surface area contributed by atoms with Gasteiger partial charge in [-0.3, -0.25) is 9.10 Å². The molecule has 0 aliphatic heterocycles. The fourth-order valence-corrected chi connectivity index (χ4v) is 4.74. The zero-order chi connectivity index (χ0) is 21.6. The first-order chi connectivity index (χ1) is 14.4. The van der Waals surface area contributed by atoms with Crippen molar-refractivity contribution < 1.29 is 13.2 Å². The van der Waals surface area contributed by atoms with Gasteiger partial charge in [-0.1, -0.05) is 85.8 Å². The van der Waals surface area contributed by atoms with Crippen molar-refractivity contribution in [2.45, 2.75) is 25.4 Å². The minimum Gasteiger partial charge on any atom is -0.343 e. The van der Waals surface area contributed by atoms with Gasteiger partial charge in [-0.05, 0) is 29.7 Å². The highest BCUT2D eigenvalue weighted by atomic mass is 32.2. The summed E-state index contributed by atoms with van der Waals surface area (Å²) in [4.78, 5) is 13.4. The number of anilines is 1. The number of hydrogen-bond acceptors (Lipinski definition) is 3. The first kappa shape index (κ1) is 21.6. The van der Waals surface area contributed by atoms with Gasteiger partial charge < -0.3 is 5.32 Å².